The summed E-state index contributed by atoms with van der Waals surface area (Å²) in [4.78, 5) is 14.9. The van der Waals surface area contributed by atoms with Gasteiger partial charge in [0.1, 0.15) is 18.2 Å². The van der Waals surface area contributed by atoms with Crippen molar-refractivity contribution in [2.75, 3.05) is 18.5 Å². The summed E-state index contributed by atoms with van der Waals surface area (Å²) in [6.45, 7) is 3.03. The molecule has 0 aliphatic rings. The van der Waals surface area contributed by atoms with Gasteiger partial charge in [-0.1, -0.05) is 12.1 Å². The molecule has 0 fully saturated rings. The highest BCUT2D eigenvalue weighted by Gasteiger charge is 2.03. The van der Waals surface area contributed by atoms with Gasteiger partial charge in [-0.15, -0.1) is 0 Å². The van der Waals surface area contributed by atoms with Crippen molar-refractivity contribution in [3.05, 3.63) is 53.7 Å². The molecule has 0 radical (unpaired) electrons. The van der Waals surface area contributed by atoms with Gasteiger partial charge in [-0.2, -0.15) is 0 Å². The molecule has 1 aromatic heterocycles. The zero-order chi connectivity index (χ0) is 14.4. The fourth-order valence-electron chi connectivity index (χ4n) is 1.71. The molecule has 2 rings (SSSR count). The number of carboxylic acids is 1. The molecule has 20 heavy (non-hydrogen) atoms. The molecule has 0 aliphatic heterocycles. The van der Waals surface area contributed by atoms with Gasteiger partial charge in [0.05, 0.1) is 12.1 Å². The highest BCUT2D eigenvalue weighted by atomic mass is 16.5. The van der Waals surface area contributed by atoms with Crippen LogP contribution >= 0.6 is 0 Å². The number of carboxylic acid groups (broad SMARTS) is 1. The number of aromatic carboxylic acids is 1. The van der Waals surface area contributed by atoms with Gasteiger partial charge in [-0.25, -0.2) is 9.78 Å². The Bertz CT molecular complexity index is 599. The minimum Gasteiger partial charge on any atom is -0.492 e. The lowest BCUT2D eigenvalue weighted by molar-refractivity contribution is 0.0697. The van der Waals surface area contributed by atoms with Gasteiger partial charge in [0.25, 0.3) is 0 Å². The van der Waals surface area contributed by atoms with Crippen LogP contribution in [0.5, 0.6) is 5.75 Å². The summed E-state index contributed by atoms with van der Waals surface area (Å²) in [5, 5.41) is 11.9. The molecule has 0 aliphatic carbocycles. The van der Waals surface area contributed by atoms with Crippen LogP contribution in [0.25, 0.3) is 0 Å². The van der Waals surface area contributed by atoms with Crippen molar-refractivity contribution in [1.82, 2.24) is 4.98 Å². The summed E-state index contributed by atoms with van der Waals surface area (Å²) in [6, 6.07) is 10.8. The number of rotatable bonds is 6. The molecule has 1 heterocycles. The first-order valence-electron chi connectivity index (χ1n) is 6.28. The predicted molar refractivity (Wildman–Crippen MR) is 76.4 cm³/mol. The number of hydrogen-bond donors (Lipinski definition) is 2. The van der Waals surface area contributed by atoms with Gasteiger partial charge in [0.2, 0.25) is 0 Å². The molecule has 0 atom stereocenters. The SMILES string of the molecule is Cc1cccc(OCCNc2cc(C(=O)O)ccn2)c1. The van der Waals surface area contributed by atoms with Crippen molar-refractivity contribution in [2.45, 2.75) is 6.92 Å². The highest BCUT2D eigenvalue weighted by Crippen LogP contribution is 2.12. The van der Waals surface area contributed by atoms with Crippen molar-refractivity contribution < 1.29 is 14.6 Å². The molecule has 5 nitrogen and oxygen atoms in total. The quantitative estimate of drug-likeness (QED) is 0.791. The van der Waals surface area contributed by atoms with E-state index in [1.165, 1.54) is 18.3 Å². The van der Waals surface area contributed by atoms with Crippen molar-refractivity contribution in [3.63, 3.8) is 0 Å². The third-order valence-electron chi connectivity index (χ3n) is 2.67. The molecule has 0 bridgehead atoms. The number of nitrogens with zero attached hydrogens (tertiary/aromatic N) is 1. The van der Waals surface area contributed by atoms with E-state index in [4.69, 9.17) is 9.84 Å². The van der Waals surface area contributed by atoms with E-state index < -0.39 is 5.97 Å². The first-order valence-corrected chi connectivity index (χ1v) is 6.28. The lowest BCUT2D eigenvalue weighted by atomic mass is 10.2. The second kappa shape index (κ2) is 6.56. The van der Waals surface area contributed by atoms with E-state index in [-0.39, 0.29) is 5.56 Å². The fourth-order valence-corrected chi connectivity index (χ4v) is 1.71. The maximum Gasteiger partial charge on any atom is 0.335 e. The number of aromatic nitrogens is 1. The van der Waals surface area contributed by atoms with E-state index in [0.717, 1.165) is 11.3 Å². The summed E-state index contributed by atoms with van der Waals surface area (Å²) in [5.41, 5.74) is 1.35. The zero-order valence-electron chi connectivity index (χ0n) is 11.2. The van der Waals surface area contributed by atoms with Gasteiger partial charge < -0.3 is 15.2 Å². The lowest BCUT2D eigenvalue weighted by Crippen LogP contribution is -2.12. The largest absolute Gasteiger partial charge is 0.492 e. The number of ether oxygens (including phenoxy) is 1. The minimum atomic E-state index is -0.966. The van der Waals surface area contributed by atoms with Crippen LogP contribution in [0, 0.1) is 6.92 Å². The van der Waals surface area contributed by atoms with Crippen LogP contribution in [0.15, 0.2) is 42.6 Å². The van der Waals surface area contributed by atoms with Crippen LogP contribution in [0.2, 0.25) is 0 Å². The van der Waals surface area contributed by atoms with Crippen LogP contribution in [-0.2, 0) is 0 Å². The van der Waals surface area contributed by atoms with E-state index >= 15 is 0 Å². The zero-order valence-corrected chi connectivity index (χ0v) is 11.2. The Morgan fingerprint density at radius 3 is 2.95 bits per heavy atom. The third-order valence-corrected chi connectivity index (χ3v) is 2.67. The van der Waals surface area contributed by atoms with Crippen LogP contribution in [0.1, 0.15) is 15.9 Å². The summed E-state index contributed by atoms with van der Waals surface area (Å²) in [7, 11) is 0. The Kier molecular flexibility index (Phi) is 4.55. The molecule has 0 spiro atoms. The van der Waals surface area contributed by atoms with Crippen LogP contribution in [-0.4, -0.2) is 29.2 Å². The number of aryl methyl sites for hydroxylation is 1. The fraction of sp³-hybridized carbons (Fsp3) is 0.200. The molecule has 1 aromatic carbocycles. The predicted octanol–water partition coefficient (Wildman–Crippen LogP) is 2.58. The average molecular weight is 272 g/mol. The highest BCUT2D eigenvalue weighted by molar-refractivity contribution is 5.88. The molecule has 0 unspecified atom stereocenters. The van der Waals surface area contributed by atoms with Gasteiger partial charge in [-0.05, 0) is 36.8 Å². The molecular formula is C15H16N2O3. The smallest absolute Gasteiger partial charge is 0.335 e. The second-order valence-electron chi connectivity index (χ2n) is 4.33. The van der Waals surface area contributed by atoms with Crippen LogP contribution < -0.4 is 10.1 Å². The first-order chi connectivity index (χ1) is 9.65. The van der Waals surface area contributed by atoms with Gasteiger partial charge in [-0.3, -0.25) is 0 Å². The Morgan fingerprint density at radius 2 is 2.20 bits per heavy atom. The maximum atomic E-state index is 10.8. The summed E-state index contributed by atoms with van der Waals surface area (Å²) in [6.07, 6.45) is 1.47. The monoisotopic (exact) mass is 272 g/mol. The topological polar surface area (TPSA) is 71.5 Å². The van der Waals surface area contributed by atoms with Crippen molar-refractivity contribution in [2.24, 2.45) is 0 Å². The van der Waals surface area contributed by atoms with Gasteiger partial charge >= 0.3 is 5.97 Å². The van der Waals surface area contributed by atoms with Gasteiger partial charge in [0, 0.05) is 6.20 Å². The summed E-state index contributed by atoms with van der Waals surface area (Å²) >= 11 is 0. The molecule has 2 aromatic rings. The minimum absolute atomic E-state index is 0.210. The average Bonchev–Trinajstić information content (AvgIpc) is 2.44. The van der Waals surface area contributed by atoms with Crippen molar-refractivity contribution in [1.29, 1.82) is 0 Å². The molecule has 2 N–H and O–H groups in total. The molecule has 104 valence electrons. The lowest BCUT2D eigenvalue weighted by Gasteiger charge is -2.08. The maximum absolute atomic E-state index is 10.8. The number of pyridine rings is 1. The van der Waals surface area contributed by atoms with Crippen LogP contribution in [0.4, 0.5) is 5.82 Å². The molecule has 0 amide bonds. The summed E-state index contributed by atoms with van der Waals surface area (Å²) < 4.78 is 5.58. The molecule has 0 saturated carbocycles. The second-order valence-corrected chi connectivity index (χ2v) is 4.33. The Labute approximate surface area is 117 Å². The first kappa shape index (κ1) is 13.9. The number of carbonyl (C=O) groups is 1. The number of hydrogen-bond acceptors (Lipinski definition) is 4. The van der Waals surface area contributed by atoms with Crippen molar-refractivity contribution >= 4 is 11.8 Å². The van der Waals surface area contributed by atoms with E-state index in [1.54, 1.807) is 0 Å². The number of benzene rings is 1. The number of nitrogens with one attached hydrogen (secondary N) is 1. The molecule has 5 heteroatoms. The van der Waals surface area contributed by atoms with E-state index in [0.29, 0.717) is 19.0 Å². The Morgan fingerprint density at radius 1 is 1.35 bits per heavy atom. The van der Waals surface area contributed by atoms with Crippen molar-refractivity contribution in [3.8, 4) is 5.75 Å². The normalized spacial score (nSPS) is 10.1. The van der Waals surface area contributed by atoms with E-state index in [9.17, 15) is 4.79 Å². The molecular weight excluding hydrogens is 256 g/mol. The van der Waals surface area contributed by atoms with Gasteiger partial charge in [0.15, 0.2) is 0 Å². The van der Waals surface area contributed by atoms with E-state index in [1.807, 2.05) is 31.2 Å². The number of anilines is 1. The standard InChI is InChI=1S/C15H16N2O3/c1-11-3-2-4-13(9-11)20-8-7-17-14-10-12(15(18)19)5-6-16-14/h2-6,9-10H,7-8H2,1H3,(H,16,17)(H,18,19). The molecule has 0 saturated heterocycles. The Balaban J connectivity index is 1.81. The summed E-state index contributed by atoms with van der Waals surface area (Å²) in [5.74, 6) is 0.378. The Hall–Kier alpha value is -2.56. The van der Waals surface area contributed by atoms with Crippen LogP contribution in [0.3, 0.4) is 0 Å². The van der Waals surface area contributed by atoms with E-state index in [2.05, 4.69) is 10.3 Å². The third kappa shape index (κ3) is 3.98.